The lowest BCUT2D eigenvalue weighted by molar-refractivity contribution is 0.339. The van der Waals surface area contributed by atoms with Gasteiger partial charge in [-0.3, -0.25) is 5.41 Å². The van der Waals surface area contributed by atoms with Gasteiger partial charge in [-0.1, -0.05) is 0 Å². The summed E-state index contributed by atoms with van der Waals surface area (Å²) in [6, 6.07) is 0. The molecule has 10 heavy (non-hydrogen) atoms. The number of amidine groups is 1. The molecule has 0 spiro atoms. The average molecular weight is 161 g/mol. The minimum Gasteiger partial charge on any atom is -0.360 e. The molecule has 58 valence electrons. The summed E-state index contributed by atoms with van der Waals surface area (Å²) in [5, 5.41) is 7.43. The van der Waals surface area contributed by atoms with Crippen molar-refractivity contribution in [2.75, 3.05) is 19.0 Å². The summed E-state index contributed by atoms with van der Waals surface area (Å²) in [6.45, 7) is 2.07. The SMILES string of the molecule is N=C(CCl)N1CCCCC1. The number of nitrogens with zero attached hydrogens (tertiary/aromatic N) is 1. The highest BCUT2D eigenvalue weighted by atomic mass is 35.5. The summed E-state index contributed by atoms with van der Waals surface area (Å²) < 4.78 is 0. The number of likely N-dealkylation sites (tertiary alicyclic amines) is 1. The van der Waals surface area contributed by atoms with Gasteiger partial charge in [-0.2, -0.15) is 0 Å². The molecule has 0 aliphatic carbocycles. The Bertz CT molecular complexity index is 119. The summed E-state index contributed by atoms with van der Waals surface area (Å²) in [6.07, 6.45) is 3.75. The number of alkyl halides is 1. The van der Waals surface area contributed by atoms with Crippen molar-refractivity contribution in [3.8, 4) is 0 Å². The molecule has 3 heteroatoms. The van der Waals surface area contributed by atoms with Gasteiger partial charge in [0.05, 0.1) is 5.88 Å². The smallest absolute Gasteiger partial charge is 0.111 e. The van der Waals surface area contributed by atoms with Crippen molar-refractivity contribution < 1.29 is 0 Å². The third-order valence-corrected chi connectivity index (χ3v) is 2.12. The third kappa shape index (κ3) is 1.87. The number of hydrogen-bond donors (Lipinski definition) is 1. The van der Waals surface area contributed by atoms with E-state index in [-0.39, 0.29) is 0 Å². The van der Waals surface area contributed by atoms with Crippen LogP contribution in [-0.4, -0.2) is 29.7 Å². The van der Waals surface area contributed by atoms with Crippen molar-refractivity contribution >= 4 is 17.4 Å². The highest BCUT2D eigenvalue weighted by Crippen LogP contribution is 2.08. The fourth-order valence-corrected chi connectivity index (χ4v) is 1.42. The number of rotatable bonds is 1. The fraction of sp³-hybridized carbons (Fsp3) is 0.857. The Morgan fingerprint density at radius 3 is 2.40 bits per heavy atom. The second-order valence-corrected chi connectivity index (χ2v) is 2.90. The maximum Gasteiger partial charge on any atom is 0.111 e. The Hall–Kier alpha value is -0.240. The maximum atomic E-state index is 7.43. The van der Waals surface area contributed by atoms with Crippen LogP contribution in [0.25, 0.3) is 0 Å². The predicted octanol–water partition coefficient (Wildman–Crippen LogP) is 1.69. The molecule has 1 N–H and O–H groups in total. The normalized spacial score (nSPS) is 19.1. The standard InChI is InChI=1S/C7H13ClN2/c8-6-7(9)10-4-2-1-3-5-10/h9H,1-6H2. The van der Waals surface area contributed by atoms with Crippen LogP contribution in [0.3, 0.4) is 0 Å². The highest BCUT2D eigenvalue weighted by molar-refractivity contribution is 6.27. The molecule has 0 unspecified atom stereocenters. The molecule has 1 saturated heterocycles. The van der Waals surface area contributed by atoms with Crippen molar-refractivity contribution in [2.45, 2.75) is 19.3 Å². The first-order valence-corrected chi connectivity index (χ1v) is 4.26. The molecule has 0 saturated carbocycles. The zero-order chi connectivity index (χ0) is 7.40. The largest absolute Gasteiger partial charge is 0.360 e. The van der Waals surface area contributed by atoms with Crippen molar-refractivity contribution in [2.24, 2.45) is 0 Å². The van der Waals surface area contributed by atoms with E-state index < -0.39 is 0 Å². The van der Waals surface area contributed by atoms with Crippen LogP contribution < -0.4 is 0 Å². The lowest BCUT2D eigenvalue weighted by Gasteiger charge is -2.27. The second-order valence-electron chi connectivity index (χ2n) is 2.63. The quantitative estimate of drug-likeness (QED) is 0.353. The van der Waals surface area contributed by atoms with E-state index in [0.717, 1.165) is 13.1 Å². The van der Waals surface area contributed by atoms with Gasteiger partial charge in [0, 0.05) is 13.1 Å². The van der Waals surface area contributed by atoms with Crippen molar-refractivity contribution in [3.05, 3.63) is 0 Å². The molecule has 0 aromatic carbocycles. The molecular formula is C7H13ClN2. The minimum absolute atomic E-state index is 0.361. The zero-order valence-electron chi connectivity index (χ0n) is 6.07. The van der Waals surface area contributed by atoms with Gasteiger partial charge in [-0.05, 0) is 19.3 Å². The molecule has 0 bridgehead atoms. The Kier molecular flexibility index (Phi) is 3.00. The molecule has 0 atom stereocenters. The van der Waals surface area contributed by atoms with E-state index in [1.165, 1.54) is 19.3 Å². The number of piperidine rings is 1. The van der Waals surface area contributed by atoms with Crippen LogP contribution in [0.1, 0.15) is 19.3 Å². The molecule has 1 rings (SSSR count). The maximum absolute atomic E-state index is 7.43. The average Bonchev–Trinajstić information content (AvgIpc) is 2.05. The fourth-order valence-electron chi connectivity index (χ4n) is 1.25. The molecule has 0 amide bonds. The van der Waals surface area contributed by atoms with Crippen LogP contribution >= 0.6 is 11.6 Å². The van der Waals surface area contributed by atoms with Crippen LogP contribution in [0, 0.1) is 5.41 Å². The molecule has 2 nitrogen and oxygen atoms in total. The van der Waals surface area contributed by atoms with E-state index in [0.29, 0.717) is 11.7 Å². The minimum atomic E-state index is 0.361. The van der Waals surface area contributed by atoms with Crippen LogP contribution in [0.5, 0.6) is 0 Å². The first-order chi connectivity index (χ1) is 4.84. The van der Waals surface area contributed by atoms with Crippen molar-refractivity contribution in [1.82, 2.24) is 4.90 Å². The van der Waals surface area contributed by atoms with Gasteiger partial charge in [0.2, 0.25) is 0 Å². The summed E-state index contributed by atoms with van der Waals surface area (Å²) in [5.41, 5.74) is 0. The summed E-state index contributed by atoms with van der Waals surface area (Å²) in [5.74, 6) is 0.946. The van der Waals surface area contributed by atoms with Crippen molar-refractivity contribution in [3.63, 3.8) is 0 Å². The second kappa shape index (κ2) is 3.81. The van der Waals surface area contributed by atoms with Gasteiger partial charge >= 0.3 is 0 Å². The Balaban J connectivity index is 2.31. The van der Waals surface area contributed by atoms with Crippen LogP contribution in [-0.2, 0) is 0 Å². The monoisotopic (exact) mass is 160 g/mol. The molecular weight excluding hydrogens is 148 g/mol. The first-order valence-electron chi connectivity index (χ1n) is 3.73. The lowest BCUT2D eigenvalue weighted by atomic mass is 10.1. The van der Waals surface area contributed by atoms with E-state index in [9.17, 15) is 0 Å². The van der Waals surface area contributed by atoms with Crippen LogP contribution in [0.2, 0.25) is 0 Å². The molecule has 1 heterocycles. The van der Waals surface area contributed by atoms with E-state index in [1.807, 2.05) is 0 Å². The van der Waals surface area contributed by atoms with Gasteiger partial charge in [0.25, 0.3) is 0 Å². The van der Waals surface area contributed by atoms with E-state index >= 15 is 0 Å². The first kappa shape index (κ1) is 7.86. The van der Waals surface area contributed by atoms with E-state index in [1.54, 1.807) is 0 Å². The molecule has 0 aromatic heterocycles. The highest BCUT2D eigenvalue weighted by Gasteiger charge is 2.11. The molecule has 1 aliphatic rings. The van der Waals surface area contributed by atoms with E-state index in [2.05, 4.69) is 4.90 Å². The summed E-state index contributed by atoms with van der Waals surface area (Å²) in [7, 11) is 0. The van der Waals surface area contributed by atoms with Crippen LogP contribution in [0.4, 0.5) is 0 Å². The Morgan fingerprint density at radius 2 is 1.90 bits per heavy atom. The van der Waals surface area contributed by atoms with Gasteiger partial charge < -0.3 is 4.90 Å². The number of nitrogens with one attached hydrogen (secondary N) is 1. The molecule has 1 aliphatic heterocycles. The molecule has 0 radical (unpaired) electrons. The Morgan fingerprint density at radius 1 is 1.30 bits per heavy atom. The summed E-state index contributed by atoms with van der Waals surface area (Å²) in [4.78, 5) is 2.07. The van der Waals surface area contributed by atoms with Gasteiger partial charge in [0.1, 0.15) is 5.84 Å². The summed E-state index contributed by atoms with van der Waals surface area (Å²) >= 11 is 5.52. The topological polar surface area (TPSA) is 27.1 Å². The predicted molar refractivity (Wildman–Crippen MR) is 43.9 cm³/mol. The van der Waals surface area contributed by atoms with Crippen LogP contribution in [0.15, 0.2) is 0 Å². The van der Waals surface area contributed by atoms with Gasteiger partial charge in [0.15, 0.2) is 0 Å². The zero-order valence-corrected chi connectivity index (χ0v) is 6.82. The molecule has 1 fully saturated rings. The third-order valence-electron chi connectivity index (χ3n) is 1.86. The van der Waals surface area contributed by atoms with Gasteiger partial charge in [-0.25, -0.2) is 0 Å². The van der Waals surface area contributed by atoms with Crippen molar-refractivity contribution in [1.29, 1.82) is 5.41 Å². The lowest BCUT2D eigenvalue weighted by Crippen LogP contribution is -2.35. The molecule has 0 aromatic rings. The number of hydrogen-bond acceptors (Lipinski definition) is 1. The number of halogens is 1. The van der Waals surface area contributed by atoms with E-state index in [4.69, 9.17) is 17.0 Å². The Labute approximate surface area is 66.7 Å². The van der Waals surface area contributed by atoms with Gasteiger partial charge in [-0.15, -0.1) is 11.6 Å².